The lowest BCUT2D eigenvalue weighted by Gasteiger charge is -2.29. The largest absolute Gasteiger partial charge is 0.340 e. The molecule has 1 saturated carbocycles. The molecule has 1 fully saturated rings. The zero-order valence-corrected chi connectivity index (χ0v) is 16.2. The molecule has 2 aromatic rings. The van der Waals surface area contributed by atoms with E-state index in [9.17, 15) is 8.42 Å². The maximum atomic E-state index is 12.7. The summed E-state index contributed by atoms with van der Waals surface area (Å²) < 4.78 is 33.4. The van der Waals surface area contributed by atoms with Gasteiger partial charge in [0.25, 0.3) is 0 Å². The van der Waals surface area contributed by atoms with Crippen LogP contribution < -0.4 is 4.72 Å². The van der Waals surface area contributed by atoms with Crippen molar-refractivity contribution in [3.63, 3.8) is 0 Å². The fraction of sp³-hybridized carbons (Fsp3) is 0.444. The van der Waals surface area contributed by atoms with Crippen LogP contribution in [0.1, 0.15) is 55.8 Å². The molecule has 8 heteroatoms. The summed E-state index contributed by atoms with van der Waals surface area (Å²) in [4.78, 5) is 4.32. The number of rotatable bonds is 5. The molecule has 1 aliphatic rings. The highest BCUT2D eigenvalue weighted by atomic mass is 35.5. The lowest BCUT2D eigenvalue weighted by molar-refractivity contribution is 0.302. The monoisotopic (exact) mass is 395 g/mol. The van der Waals surface area contributed by atoms with Gasteiger partial charge in [0, 0.05) is 17.4 Å². The Balaban J connectivity index is 1.86. The fourth-order valence-corrected chi connectivity index (χ4v) is 4.62. The van der Waals surface area contributed by atoms with E-state index in [2.05, 4.69) is 14.9 Å². The van der Waals surface area contributed by atoms with Crippen LogP contribution in [0.4, 0.5) is 0 Å². The number of hydrogen-bond donors (Lipinski definition) is 1. The van der Waals surface area contributed by atoms with Crippen LogP contribution in [0.25, 0.3) is 6.08 Å². The van der Waals surface area contributed by atoms with E-state index in [0.717, 1.165) is 31.2 Å². The predicted molar refractivity (Wildman–Crippen MR) is 101 cm³/mol. The van der Waals surface area contributed by atoms with E-state index >= 15 is 0 Å². The molecule has 3 rings (SSSR count). The van der Waals surface area contributed by atoms with Crippen LogP contribution in [0.3, 0.4) is 0 Å². The minimum absolute atomic E-state index is 0.417. The standard InChI is InChI=1S/C18H22ClN3O3S/c1-14-20-17(21-25-14)18(11-4-2-3-5-12-18)22-26(23,24)13-10-15-6-8-16(19)9-7-15/h6-10,13,22H,2-5,11-12H2,1H3/b13-10+. The quantitative estimate of drug-likeness (QED) is 0.768. The summed E-state index contributed by atoms with van der Waals surface area (Å²) in [5.74, 6) is 0.847. The number of halogens is 1. The van der Waals surface area contributed by atoms with E-state index in [1.165, 1.54) is 5.41 Å². The van der Waals surface area contributed by atoms with Gasteiger partial charge in [0.05, 0.1) is 5.54 Å². The number of sulfonamides is 1. The highest BCUT2D eigenvalue weighted by Crippen LogP contribution is 2.35. The third-order valence-corrected chi connectivity index (χ3v) is 5.98. The van der Waals surface area contributed by atoms with Crippen molar-refractivity contribution in [1.29, 1.82) is 0 Å². The summed E-state index contributed by atoms with van der Waals surface area (Å²) in [5, 5.41) is 5.79. The molecule has 0 spiro atoms. The second kappa shape index (κ2) is 7.90. The van der Waals surface area contributed by atoms with Crippen molar-refractivity contribution < 1.29 is 12.9 Å². The van der Waals surface area contributed by atoms with Gasteiger partial charge in [0.15, 0.2) is 5.82 Å². The molecule has 0 radical (unpaired) electrons. The Morgan fingerprint density at radius 2 is 1.81 bits per heavy atom. The van der Waals surface area contributed by atoms with E-state index < -0.39 is 15.6 Å². The highest BCUT2D eigenvalue weighted by molar-refractivity contribution is 7.92. The molecule has 140 valence electrons. The second-order valence-electron chi connectivity index (χ2n) is 6.63. The van der Waals surface area contributed by atoms with E-state index in [4.69, 9.17) is 16.1 Å². The maximum absolute atomic E-state index is 12.7. The van der Waals surface area contributed by atoms with Gasteiger partial charge in [-0.05, 0) is 36.6 Å². The van der Waals surface area contributed by atoms with Gasteiger partial charge in [-0.1, -0.05) is 54.6 Å². The topological polar surface area (TPSA) is 85.1 Å². The molecule has 1 aliphatic carbocycles. The van der Waals surface area contributed by atoms with Crippen LogP contribution in [-0.4, -0.2) is 18.6 Å². The molecule has 1 aromatic heterocycles. The van der Waals surface area contributed by atoms with E-state index in [1.807, 2.05) is 0 Å². The number of nitrogens with zero attached hydrogens (tertiary/aromatic N) is 2. The average Bonchev–Trinajstić information content (AvgIpc) is 2.91. The first-order valence-electron chi connectivity index (χ1n) is 8.67. The van der Waals surface area contributed by atoms with Crippen molar-refractivity contribution in [3.05, 3.63) is 52.0 Å². The van der Waals surface area contributed by atoms with Gasteiger partial charge in [-0.3, -0.25) is 0 Å². The zero-order valence-electron chi connectivity index (χ0n) is 14.6. The predicted octanol–water partition coefficient (Wildman–Crippen LogP) is 4.17. The van der Waals surface area contributed by atoms with Gasteiger partial charge < -0.3 is 4.52 Å². The van der Waals surface area contributed by atoms with Gasteiger partial charge in [-0.25, -0.2) is 8.42 Å². The summed E-state index contributed by atoms with van der Waals surface area (Å²) in [6, 6.07) is 6.96. The van der Waals surface area contributed by atoms with Crippen molar-refractivity contribution in [3.8, 4) is 0 Å². The Kier molecular flexibility index (Phi) is 5.79. The molecular weight excluding hydrogens is 374 g/mol. The van der Waals surface area contributed by atoms with Crippen molar-refractivity contribution >= 4 is 27.7 Å². The highest BCUT2D eigenvalue weighted by Gasteiger charge is 2.40. The maximum Gasteiger partial charge on any atom is 0.234 e. The smallest absolute Gasteiger partial charge is 0.234 e. The minimum atomic E-state index is -3.69. The number of aryl methyl sites for hydroxylation is 1. The summed E-state index contributed by atoms with van der Waals surface area (Å²) in [6.07, 6.45) is 6.82. The molecule has 1 aromatic carbocycles. The lowest BCUT2D eigenvalue weighted by Crippen LogP contribution is -2.45. The third kappa shape index (κ3) is 4.72. The summed E-state index contributed by atoms with van der Waals surface area (Å²) in [7, 11) is -3.69. The van der Waals surface area contributed by atoms with Gasteiger partial charge in [0.2, 0.25) is 15.9 Å². The minimum Gasteiger partial charge on any atom is -0.340 e. The Labute approximate surface area is 158 Å². The molecular formula is C18H22ClN3O3S. The number of aromatic nitrogens is 2. The first-order valence-corrected chi connectivity index (χ1v) is 10.6. The molecule has 0 amide bonds. The summed E-state index contributed by atoms with van der Waals surface area (Å²) in [6.45, 7) is 1.70. The van der Waals surface area contributed by atoms with Crippen LogP contribution in [0.5, 0.6) is 0 Å². The van der Waals surface area contributed by atoms with Gasteiger partial charge in [-0.15, -0.1) is 0 Å². The van der Waals surface area contributed by atoms with Crippen molar-refractivity contribution in [2.75, 3.05) is 0 Å². The van der Waals surface area contributed by atoms with Gasteiger partial charge >= 0.3 is 0 Å². The van der Waals surface area contributed by atoms with Crippen molar-refractivity contribution in [2.24, 2.45) is 0 Å². The Morgan fingerprint density at radius 1 is 1.15 bits per heavy atom. The SMILES string of the molecule is Cc1nc(C2(NS(=O)(=O)/C=C/c3ccc(Cl)cc3)CCCCCC2)no1. The Bertz CT molecular complexity index is 867. The number of benzene rings is 1. The van der Waals surface area contributed by atoms with Crippen LogP contribution in [-0.2, 0) is 15.6 Å². The van der Waals surface area contributed by atoms with E-state index in [-0.39, 0.29) is 0 Å². The molecule has 1 heterocycles. The Morgan fingerprint density at radius 3 is 2.38 bits per heavy atom. The lowest BCUT2D eigenvalue weighted by atomic mass is 9.91. The van der Waals surface area contributed by atoms with Gasteiger partial charge in [-0.2, -0.15) is 9.71 Å². The number of hydrogen-bond acceptors (Lipinski definition) is 5. The molecule has 6 nitrogen and oxygen atoms in total. The molecule has 0 atom stereocenters. The molecule has 0 aliphatic heterocycles. The first-order chi connectivity index (χ1) is 12.4. The van der Waals surface area contributed by atoms with Gasteiger partial charge in [0.1, 0.15) is 0 Å². The van der Waals surface area contributed by atoms with Crippen LogP contribution in [0.15, 0.2) is 34.2 Å². The molecule has 26 heavy (non-hydrogen) atoms. The third-order valence-electron chi connectivity index (χ3n) is 4.56. The molecule has 0 unspecified atom stereocenters. The molecule has 0 saturated heterocycles. The second-order valence-corrected chi connectivity index (χ2v) is 8.64. The number of nitrogens with one attached hydrogen (secondary N) is 1. The van der Waals surface area contributed by atoms with Crippen LogP contribution in [0, 0.1) is 6.92 Å². The van der Waals surface area contributed by atoms with Crippen molar-refractivity contribution in [2.45, 2.75) is 51.0 Å². The summed E-state index contributed by atoms with van der Waals surface area (Å²) >= 11 is 5.86. The normalized spacial score (nSPS) is 18.1. The van der Waals surface area contributed by atoms with E-state index in [0.29, 0.717) is 29.6 Å². The molecule has 1 N–H and O–H groups in total. The van der Waals surface area contributed by atoms with Crippen molar-refractivity contribution in [1.82, 2.24) is 14.9 Å². The van der Waals surface area contributed by atoms with Crippen LogP contribution >= 0.6 is 11.6 Å². The average molecular weight is 396 g/mol. The fourth-order valence-electron chi connectivity index (χ4n) is 3.25. The summed E-state index contributed by atoms with van der Waals surface area (Å²) in [5.41, 5.74) is -0.0673. The first kappa shape index (κ1) is 19.1. The Hall–Kier alpha value is -1.70. The van der Waals surface area contributed by atoms with E-state index in [1.54, 1.807) is 37.3 Å². The molecule has 0 bridgehead atoms. The van der Waals surface area contributed by atoms with Crippen LogP contribution in [0.2, 0.25) is 5.02 Å². The zero-order chi connectivity index (χ0) is 18.6.